The standard InChI is InChI=1S/C14H22N6O4/c1-4-24-14(21)10-6-5-7-19(8-10)13-11(20(22)23)12(15-9-16-13)17-18(2)3/h9-10H,4-8H2,1-3H3,(H,15,16,17). The molecule has 0 aromatic carbocycles. The van der Waals surface area contributed by atoms with Crippen LogP contribution in [0.1, 0.15) is 19.8 Å². The number of ether oxygens (including phenoxy) is 1. The Bertz CT molecular complexity index is 609. The number of nitro groups is 1. The number of nitrogens with one attached hydrogen (secondary N) is 1. The van der Waals surface area contributed by atoms with Gasteiger partial charge in [-0.1, -0.05) is 0 Å². The third-order valence-corrected chi connectivity index (χ3v) is 3.66. The Morgan fingerprint density at radius 2 is 2.29 bits per heavy atom. The van der Waals surface area contributed by atoms with E-state index in [2.05, 4.69) is 15.4 Å². The molecule has 1 N–H and O–H groups in total. The molecule has 24 heavy (non-hydrogen) atoms. The summed E-state index contributed by atoms with van der Waals surface area (Å²) >= 11 is 0. The average Bonchev–Trinajstić information content (AvgIpc) is 2.54. The van der Waals surface area contributed by atoms with Gasteiger partial charge in [0.25, 0.3) is 0 Å². The molecule has 0 spiro atoms. The van der Waals surface area contributed by atoms with E-state index >= 15 is 0 Å². The van der Waals surface area contributed by atoms with Crippen molar-refractivity contribution in [2.24, 2.45) is 5.92 Å². The molecule has 1 aliphatic rings. The summed E-state index contributed by atoms with van der Waals surface area (Å²) in [4.78, 5) is 32.8. The van der Waals surface area contributed by atoms with Crippen LogP contribution in [0.25, 0.3) is 0 Å². The maximum Gasteiger partial charge on any atom is 0.354 e. The molecule has 1 unspecified atom stereocenters. The molecule has 10 nitrogen and oxygen atoms in total. The SMILES string of the molecule is CCOC(=O)C1CCCN(c2ncnc(NN(C)C)c2[N+](=O)[O-])C1. The molecule has 2 heterocycles. The van der Waals surface area contributed by atoms with Gasteiger partial charge in [-0.2, -0.15) is 0 Å². The number of aromatic nitrogens is 2. The lowest BCUT2D eigenvalue weighted by molar-refractivity contribution is -0.383. The van der Waals surface area contributed by atoms with Crippen LogP contribution in [0.5, 0.6) is 0 Å². The zero-order chi connectivity index (χ0) is 17.7. The molecule has 132 valence electrons. The molecule has 1 aromatic rings. The monoisotopic (exact) mass is 338 g/mol. The first-order valence-corrected chi connectivity index (χ1v) is 7.79. The lowest BCUT2D eigenvalue weighted by Crippen LogP contribution is -2.40. The van der Waals surface area contributed by atoms with Crippen LogP contribution < -0.4 is 10.3 Å². The summed E-state index contributed by atoms with van der Waals surface area (Å²) in [6.07, 6.45) is 2.72. The van der Waals surface area contributed by atoms with Crippen molar-refractivity contribution in [2.75, 3.05) is 44.1 Å². The van der Waals surface area contributed by atoms with Crippen molar-refractivity contribution in [3.8, 4) is 0 Å². The number of carbonyl (C=O) groups excluding carboxylic acids is 1. The van der Waals surface area contributed by atoms with E-state index in [1.165, 1.54) is 6.33 Å². The molecule has 1 fully saturated rings. The first kappa shape index (κ1) is 17.9. The molecular weight excluding hydrogens is 316 g/mol. The predicted molar refractivity (Wildman–Crippen MR) is 87.6 cm³/mol. The molecule has 0 bridgehead atoms. The zero-order valence-electron chi connectivity index (χ0n) is 14.1. The quantitative estimate of drug-likeness (QED) is 0.462. The number of piperidine rings is 1. The molecule has 1 aromatic heterocycles. The van der Waals surface area contributed by atoms with Gasteiger partial charge in [0.15, 0.2) is 0 Å². The Balaban J connectivity index is 2.30. The number of rotatable bonds is 6. The number of carbonyl (C=O) groups is 1. The van der Waals surface area contributed by atoms with Crippen molar-refractivity contribution in [1.29, 1.82) is 0 Å². The third kappa shape index (κ3) is 4.07. The molecule has 0 radical (unpaired) electrons. The fourth-order valence-electron chi connectivity index (χ4n) is 2.68. The summed E-state index contributed by atoms with van der Waals surface area (Å²) in [7, 11) is 3.42. The van der Waals surface area contributed by atoms with Crippen LogP contribution in [-0.4, -0.2) is 59.7 Å². The summed E-state index contributed by atoms with van der Waals surface area (Å²) in [5.41, 5.74) is 2.61. The Labute approximate surface area is 139 Å². The Hall–Kier alpha value is -2.49. The third-order valence-electron chi connectivity index (χ3n) is 3.66. The van der Waals surface area contributed by atoms with E-state index in [0.717, 1.165) is 6.42 Å². The average molecular weight is 338 g/mol. The second-order valence-electron chi connectivity index (χ2n) is 5.70. The first-order chi connectivity index (χ1) is 11.4. The number of hydrogen-bond donors (Lipinski definition) is 1. The van der Waals surface area contributed by atoms with Crippen LogP contribution in [-0.2, 0) is 9.53 Å². The lowest BCUT2D eigenvalue weighted by atomic mass is 9.98. The molecule has 10 heteroatoms. The van der Waals surface area contributed by atoms with Gasteiger partial charge < -0.3 is 9.64 Å². The van der Waals surface area contributed by atoms with Crippen molar-refractivity contribution in [3.05, 3.63) is 16.4 Å². The summed E-state index contributed by atoms with van der Waals surface area (Å²) in [5, 5.41) is 13.1. The van der Waals surface area contributed by atoms with Gasteiger partial charge >= 0.3 is 11.7 Å². The van der Waals surface area contributed by atoms with Gasteiger partial charge in [0, 0.05) is 27.2 Å². The highest BCUT2D eigenvalue weighted by molar-refractivity contribution is 5.75. The number of hydrogen-bond acceptors (Lipinski definition) is 9. The largest absolute Gasteiger partial charge is 0.466 e. The normalized spacial score (nSPS) is 17.7. The summed E-state index contributed by atoms with van der Waals surface area (Å²) < 4.78 is 5.07. The fraction of sp³-hybridized carbons (Fsp3) is 0.643. The smallest absolute Gasteiger partial charge is 0.354 e. The van der Waals surface area contributed by atoms with Crippen LogP contribution in [0.2, 0.25) is 0 Å². The molecule has 0 amide bonds. The van der Waals surface area contributed by atoms with Crippen molar-refractivity contribution in [1.82, 2.24) is 15.0 Å². The summed E-state index contributed by atoms with van der Waals surface area (Å²) in [5.74, 6) is -0.245. The van der Waals surface area contributed by atoms with E-state index in [0.29, 0.717) is 26.1 Å². The molecule has 0 aliphatic carbocycles. The van der Waals surface area contributed by atoms with Crippen molar-refractivity contribution in [3.63, 3.8) is 0 Å². The summed E-state index contributed by atoms with van der Waals surface area (Å²) in [6.45, 7) is 3.01. The van der Waals surface area contributed by atoms with E-state index in [-0.39, 0.29) is 29.2 Å². The van der Waals surface area contributed by atoms with E-state index < -0.39 is 4.92 Å². The van der Waals surface area contributed by atoms with Crippen molar-refractivity contribution < 1.29 is 14.5 Å². The zero-order valence-corrected chi connectivity index (χ0v) is 14.1. The highest BCUT2D eigenvalue weighted by Gasteiger charge is 2.33. The van der Waals surface area contributed by atoms with E-state index in [1.807, 2.05) is 0 Å². The predicted octanol–water partition coefficient (Wildman–Crippen LogP) is 1.05. The number of esters is 1. The fourth-order valence-corrected chi connectivity index (χ4v) is 2.68. The minimum atomic E-state index is -0.505. The molecule has 0 saturated carbocycles. The number of nitrogens with zero attached hydrogens (tertiary/aromatic N) is 5. The highest BCUT2D eigenvalue weighted by atomic mass is 16.6. The minimum Gasteiger partial charge on any atom is -0.466 e. The van der Waals surface area contributed by atoms with Crippen LogP contribution in [0.15, 0.2) is 6.33 Å². The van der Waals surface area contributed by atoms with Crippen LogP contribution in [0, 0.1) is 16.0 Å². The van der Waals surface area contributed by atoms with Gasteiger partial charge in [0.05, 0.1) is 17.4 Å². The van der Waals surface area contributed by atoms with E-state index in [4.69, 9.17) is 4.74 Å². The van der Waals surface area contributed by atoms with Gasteiger partial charge in [-0.3, -0.25) is 20.3 Å². The molecule has 1 aliphatic heterocycles. The van der Waals surface area contributed by atoms with E-state index in [9.17, 15) is 14.9 Å². The Morgan fingerprint density at radius 3 is 2.92 bits per heavy atom. The number of hydrazine groups is 1. The lowest BCUT2D eigenvalue weighted by Gasteiger charge is -2.32. The maximum atomic E-state index is 12.0. The maximum absolute atomic E-state index is 12.0. The molecule has 1 saturated heterocycles. The molecule has 1 atom stereocenters. The molecule has 2 rings (SSSR count). The van der Waals surface area contributed by atoms with Crippen LogP contribution in [0.4, 0.5) is 17.3 Å². The highest BCUT2D eigenvalue weighted by Crippen LogP contribution is 2.34. The first-order valence-electron chi connectivity index (χ1n) is 7.79. The van der Waals surface area contributed by atoms with E-state index in [1.54, 1.807) is 30.9 Å². The van der Waals surface area contributed by atoms with Crippen LogP contribution >= 0.6 is 0 Å². The van der Waals surface area contributed by atoms with Gasteiger partial charge in [0.2, 0.25) is 11.6 Å². The molecular formula is C14H22N6O4. The Morgan fingerprint density at radius 1 is 1.54 bits per heavy atom. The second-order valence-corrected chi connectivity index (χ2v) is 5.70. The minimum absolute atomic E-state index is 0.119. The van der Waals surface area contributed by atoms with Gasteiger partial charge in [-0.25, -0.2) is 15.0 Å². The summed E-state index contributed by atoms with van der Waals surface area (Å²) in [6, 6.07) is 0. The van der Waals surface area contributed by atoms with Crippen molar-refractivity contribution in [2.45, 2.75) is 19.8 Å². The van der Waals surface area contributed by atoms with Gasteiger partial charge in [-0.05, 0) is 19.8 Å². The Kier molecular flexibility index (Phi) is 5.85. The number of anilines is 2. The van der Waals surface area contributed by atoms with Crippen molar-refractivity contribution >= 4 is 23.3 Å². The topological polar surface area (TPSA) is 114 Å². The van der Waals surface area contributed by atoms with Crippen LogP contribution in [0.3, 0.4) is 0 Å². The van der Waals surface area contributed by atoms with Gasteiger partial charge in [-0.15, -0.1) is 0 Å². The second kappa shape index (κ2) is 7.86. The van der Waals surface area contributed by atoms with Gasteiger partial charge in [0.1, 0.15) is 6.33 Å².